The van der Waals surface area contributed by atoms with Crippen LogP contribution < -0.4 is 4.74 Å². The van der Waals surface area contributed by atoms with Gasteiger partial charge in [0.2, 0.25) is 0 Å². The smallest absolute Gasteiger partial charge is 0.361 e. The lowest BCUT2D eigenvalue weighted by Gasteiger charge is -2.27. The molecule has 2 aromatic carbocycles. The molecule has 0 atom stereocenters. The Labute approximate surface area is 214 Å². The van der Waals surface area contributed by atoms with Crippen molar-refractivity contribution in [1.82, 2.24) is 4.98 Å². The molecule has 194 valence electrons. The Morgan fingerprint density at radius 2 is 1.69 bits per heavy atom. The second kappa shape index (κ2) is 11.1. The minimum Gasteiger partial charge on any atom is -0.489 e. The molecule has 0 radical (unpaired) electrons. The predicted octanol–water partition coefficient (Wildman–Crippen LogP) is 7.91. The molecular weight excluding hydrogens is 491 g/mol. The van der Waals surface area contributed by atoms with Gasteiger partial charge in [0.05, 0.1) is 10.9 Å². The Bertz CT molecular complexity index is 1230. The minimum atomic E-state index is -1.99. The predicted molar refractivity (Wildman–Crippen MR) is 137 cm³/mol. The van der Waals surface area contributed by atoms with Crippen LogP contribution in [0.4, 0.5) is 13.2 Å². The summed E-state index contributed by atoms with van der Waals surface area (Å²) >= 11 is 6.31. The summed E-state index contributed by atoms with van der Waals surface area (Å²) in [4.78, 5) is 17.8. The van der Waals surface area contributed by atoms with E-state index in [9.17, 15) is 18.0 Å². The SMILES string of the molecule is CC(C)c1cccc(-c2c(OCC(CF)(CF)CF)c(C(=O)OC(C)(C)C)nc3ccc(Cl)cc23)c1. The van der Waals surface area contributed by atoms with Gasteiger partial charge < -0.3 is 9.47 Å². The number of hydrogen-bond acceptors (Lipinski definition) is 4. The van der Waals surface area contributed by atoms with Crippen LogP contribution in [-0.2, 0) is 4.74 Å². The number of nitrogens with zero attached hydrogens (tertiary/aromatic N) is 1. The van der Waals surface area contributed by atoms with E-state index in [0.717, 1.165) is 5.56 Å². The molecule has 0 saturated carbocycles. The van der Waals surface area contributed by atoms with E-state index in [-0.39, 0.29) is 17.4 Å². The molecule has 0 spiro atoms. The number of fused-ring (bicyclic) bond motifs is 1. The second-order valence-electron chi connectivity index (χ2n) is 10.3. The fraction of sp³-hybridized carbons (Fsp3) is 0.429. The van der Waals surface area contributed by atoms with E-state index in [0.29, 0.717) is 27.1 Å². The van der Waals surface area contributed by atoms with E-state index >= 15 is 0 Å². The van der Waals surface area contributed by atoms with E-state index in [1.807, 2.05) is 38.1 Å². The van der Waals surface area contributed by atoms with Gasteiger partial charge in [0, 0.05) is 16.0 Å². The second-order valence-corrected chi connectivity index (χ2v) is 10.7. The summed E-state index contributed by atoms with van der Waals surface area (Å²) in [5.74, 6) is -0.616. The van der Waals surface area contributed by atoms with Crippen molar-refractivity contribution in [3.8, 4) is 16.9 Å². The molecule has 0 fully saturated rings. The number of alkyl halides is 3. The van der Waals surface area contributed by atoms with Gasteiger partial charge in [-0.15, -0.1) is 0 Å². The quantitative estimate of drug-likeness (QED) is 0.268. The molecule has 0 amide bonds. The number of benzene rings is 2. The highest BCUT2D eigenvalue weighted by Gasteiger charge is 2.35. The summed E-state index contributed by atoms with van der Waals surface area (Å²) in [5.41, 5.74) is -0.400. The first-order valence-corrected chi connectivity index (χ1v) is 12.1. The number of halogens is 4. The highest BCUT2D eigenvalue weighted by Crippen LogP contribution is 2.41. The summed E-state index contributed by atoms with van der Waals surface area (Å²) in [5, 5.41) is 0.990. The molecule has 4 nitrogen and oxygen atoms in total. The zero-order valence-electron chi connectivity index (χ0n) is 21.1. The highest BCUT2D eigenvalue weighted by atomic mass is 35.5. The van der Waals surface area contributed by atoms with Crippen LogP contribution >= 0.6 is 11.6 Å². The molecule has 3 rings (SSSR count). The number of carbonyl (C=O) groups excluding carboxylic acids is 1. The van der Waals surface area contributed by atoms with Gasteiger partial charge >= 0.3 is 5.97 Å². The molecule has 8 heteroatoms. The van der Waals surface area contributed by atoms with Crippen molar-refractivity contribution in [2.75, 3.05) is 26.6 Å². The maximum absolute atomic E-state index is 13.7. The number of rotatable bonds is 9. The van der Waals surface area contributed by atoms with Crippen molar-refractivity contribution in [3.05, 3.63) is 58.7 Å². The lowest BCUT2D eigenvalue weighted by Crippen LogP contribution is -2.36. The topological polar surface area (TPSA) is 48.4 Å². The van der Waals surface area contributed by atoms with Crippen LogP contribution in [0, 0.1) is 5.41 Å². The number of esters is 1. The van der Waals surface area contributed by atoms with Crippen molar-refractivity contribution in [1.29, 1.82) is 0 Å². The van der Waals surface area contributed by atoms with E-state index < -0.39 is 43.6 Å². The van der Waals surface area contributed by atoms with Gasteiger partial charge in [-0.3, -0.25) is 13.2 Å². The molecule has 0 saturated heterocycles. The first kappa shape index (κ1) is 27.8. The Balaban J connectivity index is 2.36. The third-order valence-corrected chi connectivity index (χ3v) is 5.94. The highest BCUT2D eigenvalue weighted by molar-refractivity contribution is 6.31. The van der Waals surface area contributed by atoms with Crippen molar-refractivity contribution >= 4 is 28.5 Å². The average molecular weight is 522 g/mol. The minimum absolute atomic E-state index is 0.0420. The van der Waals surface area contributed by atoms with E-state index in [4.69, 9.17) is 21.1 Å². The lowest BCUT2D eigenvalue weighted by atomic mass is 9.93. The molecule has 1 heterocycles. The maximum Gasteiger partial charge on any atom is 0.361 e. The average Bonchev–Trinajstić information content (AvgIpc) is 2.83. The molecule has 0 aliphatic rings. The summed E-state index contributed by atoms with van der Waals surface area (Å²) in [6.07, 6.45) is 0. The van der Waals surface area contributed by atoms with Crippen LogP contribution in [0.3, 0.4) is 0 Å². The third kappa shape index (κ3) is 6.12. The van der Waals surface area contributed by atoms with Gasteiger partial charge in [0.15, 0.2) is 11.4 Å². The van der Waals surface area contributed by atoms with Crippen LogP contribution in [0.5, 0.6) is 5.75 Å². The first-order valence-electron chi connectivity index (χ1n) is 11.7. The normalized spacial score (nSPS) is 12.3. The molecule has 1 aromatic heterocycles. The number of ether oxygens (including phenoxy) is 2. The molecule has 36 heavy (non-hydrogen) atoms. The number of carbonyl (C=O) groups is 1. The first-order chi connectivity index (χ1) is 16.9. The van der Waals surface area contributed by atoms with Gasteiger partial charge in [-0.05, 0) is 56.0 Å². The summed E-state index contributed by atoms with van der Waals surface area (Å²) < 4.78 is 52.5. The summed E-state index contributed by atoms with van der Waals surface area (Å²) in [6.45, 7) is 4.76. The zero-order chi connectivity index (χ0) is 26.7. The van der Waals surface area contributed by atoms with Gasteiger partial charge in [0.1, 0.15) is 32.2 Å². The fourth-order valence-corrected chi connectivity index (χ4v) is 3.78. The van der Waals surface area contributed by atoms with Crippen molar-refractivity contribution in [2.45, 2.75) is 46.1 Å². The third-order valence-electron chi connectivity index (χ3n) is 5.71. The van der Waals surface area contributed by atoms with Gasteiger partial charge in [-0.1, -0.05) is 49.7 Å². The Kier molecular flexibility index (Phi) is 8.55. The van der Waals surface area contributed by atoms with E-state index in [2.05, 4.69) is 4.98 Å². The Morgan fingerprint density at radius 1 is 1.03 bits per heavy atom. The molecule has 0 unspecified atom stereocenters. The van der Waals surface area contributed by atoms with Crippen molar-refractivity contribution in [2.24, 2.45) is 5.41 Å². The molecule has 0 aliphatic heterocycles. The van der Waals surface area contributed by atoms with Crippen LogP contribution in [0.1, 0.15) is 56.6 Å². The monoisotopic (exact) mass is 521 g/mol. The lowest BCUT2D eigenvalue weighted by molar-refractivity contribution is 0.00541. The Morgan fingerprint density at radius 3 is 2.28 bits per heavy atom. The standard InChI is InChI=1S/C28H31ClF3NO3/c1-17(2)18-7-6-8-19(11-18)23-21-12-20(29)9-10-22(21)33-24(26(34)36-27(3,4)5)25(23)35-16-28(13-30,14-31)15-32/h6-12,17H,13-16H2,1-5H3. The van der Waals surface area contributed by atoms with Crippen LogP contribution in [0.25, 0.3) is 22.0 Å². The summed E-state index contributed by atoms with van der Waals surface area (Å²) in [6, 6.07) is 12.6. The molecule has 0 aliphatic carbocycles. The number of aromatic nitrogens is 1. The molecule has 0 N–H and O–H groups in total. The molecule has 0 bridgehead atoms. The van der Waals surface area contributed by atoms with Crippen LogP contribution in [0.2, 0.25) is 5.02 Å². The van der Waals surface area contributed by atoms with Gasteiger partial charge in [-0.25, -0.2) is 9.78 Å². The number of pyridine rings is 1. The number of hydrogen-bond donors (Lipinski definition) is 0. The maximum atomic E-state index is 13.7. The zero-order valence-corrected chi connectivity index (χ0v) is 21.9. The molecule has 3 aromatic rings. The largest absolute Gasteiger partial charge is 0.489 e. The van der Waals surface area contributed by atoms with E-state index in [1.54, 1.807) is 39.0 Å². The Hall–Kier alpha value is -2.80. The van der Waals surface area contributed by atoms with Gasteiger partial charge in [0.25, 0.3) is 0 Å². The van der Waals surface area contributed by atoms with Crippen molar-refractivity contribution < 1.29 is 27.4 Å². The fourth-order valence-electron chi connectivity index (χ4n) is 3.61. The van der Waals surface area contributed by atoms with Crippen LogP contribution in [-0.4, -0.2) is 43.2 Å². The van der Waals surface area contributed by atoms with Crippen LogP contribution in [0.15, 0.2) is 42.5 Å². The molecular formula is C28H31ClF3NO3. The summed E-state index contributed by atoms with van der Waals surface area (Å²) in [7, 11) is 0. The van der Waals surface area contributed by atoms with Gasteiger partial charge in [-0.2, -0.15) is 0 Å². The van der Waals surface area contributed by atoms with E-state index in [1.165, 1.54) is 0 Å². The van der Waals surface area contributed by atoms with Crippen molar-refractivity contribution in [3.63, 3.8) is 0 Å².